The summed E-state index contributed by atoms with van der Waals surface area (Å²) in [4.78, 5) is 0. The predicted octanol–water partition coefficient (Wildman–Crippen LogP) is 4.08. The van der Waals surface area contributed by atoms with Gasteiger partial charge in [-0.2, -0.15) is 0 Å². The van der Waals surface area contributed by atoms with Crippen LogP contribution in [0, 0.1) is 6.08 Å². The van der Waals surface area contributed by atoms with Crippen LogP contribution in [-0.2, 0) is 5.41 Å². The Kier molecular flexibility index (Phi) is 2.97. The molecule has 0 saturated carbocycles. The fraction of sp³-hybridized carbons (Fsp3) is 0.333. The third-order valence-electron chi connectivity index (χ3n) is 1.97. The van der Waals surface area contributed by atoms with E-state index in [-0.39, 0.29) is 5.41 Å². The van der Waals surface area contributed by atoms with Crippen molar-refractivity contribution >= 4 is 15.9 Å². The summed E-state index contributed by atoms with van der Waals surface area (Å²) in [5, 5.41) is 0. The minimum atomic E-state index is 0.176. The van der Waals surface area contributed by atoms with Crippen LogP contribution in [0.15, 0.2) is 29.3 Å². The average Bonchev–Trinajstić information content (AvgIpc) is 2.01. The van der Waals surface area contributed by atoms with Crippen molar-refractivity contribution in [1.82, 2.24) is 0 Å². The number of hydrogen-bond donors (Lipinski definition) is 0. The van der Waals surface area contributed by atoms with Crippen molar-refractivity contribution in [2.75, 3.05) is 0 Å². The molecule has 0 fully saturated rings. The van der Waals surface area contributed by atoms with Gasteiger partial charge in [-0.25, -0.2) is 0 Å². The molecule has 1 radical (unpaired) electrons. The van der Waals surface area contributed by atoms with Gasteiger partial charge in [-0.3, -0.25) is 0 Å². The second-order valence-electron chi connectivity index (χ2n) is 4.16. The van der Waals surface area contributed by atoms with Gasteiger partial charge in [0.05, 0.1) is 0 Å². The van der Waals surface area contributed by atoms with Crippen LogP contribution in [0.25, 0.3) is 0 Å². The number of halogens is 1. The highest BCUT2D eigenvalue weighted by Crippen LogP contribution is 2.26. The van der Waals surface area contributed by atoms with Crippen LogP contribution in [0.2, 0.25) is 0 Å². The van der Waals surface area contributed by atoms with Crippen LogP contribution in [0.4, 0.5) is 0 Å². The molecule has 1 rings (SSSR count). The van der Waals surface area contributed by atoms with Gasteiger partial charge in [-0.1, -0.05) is 49.3 Å². The Labute approximate surface area is 88.8 Å². The van der Waals surface area contributed by atoms with Crippen molar-refractivity contribution < 1.29 is 0 Å². The molecule has 0 aliphatic carbocycles. The maximum Gasteiger partial charge on any atom is 0.0184 e. The second-order valence-corrected chi connectivity index (χ2v) is 5.07. The summed E-state index contributed by atoms with van der Waals surface area (Å²) >= 11 is 3.48. The Hall–Kier alpha value is -0.560. The molecular weight excluding hydrogens is 224 g/mol. The van der Waals surface area contributed by atoms with E-state index in [1.807, 2.05) is 6.07 Å². The first-order chi connectivity index (χ1) is 5.93. The highest BCUT2D eigenvalue weighted by Gasteiger charge is 2.14. The van der Waals surface area contributed by atoms with Gasteiger partial charge >= 0.3 is 0 Å². The first-order valence-corrected chi connectivity index (χ1v) is 5.07. The van der Waals surface area contributed by atoms with E-state index in [9.17, 15) is 0 Å². The van der Waals surface area contributed by atoms with E-state index in [0.717, 1.165) is 10.0 Å². The topological polar surface area (TPSA) is 0 Å². The number of rotatable bonds is 1. The predicted molar refractivity (Wildman–Crippen MR) is 60.8 cm³/mol. The summed E-state index contributed by atoms with van der Waals surface area (Å²) in [6.07, 6.45) is 2.90. The lowest BCUT2D eigenvalue weighted by atomic mass is 9.86. The molecule has 0 aromatic heterocycles. The molecule has 0 N–H and O–H groups in total. The van der Waals surface area contributed by atoms with E-state index in [0.29, 0.717) is 0 Å². The van der Waals surface area contributed by atoms with Gasteiger partial charge in [0.2, 0.25) is 0 Å². The normalized spacial score (nSPS) is 11.4. The maximum atomic E-state index is 3.65. The SMILES string of the molecule is C=[C]c1cc(Br)cc(C(C)(C)C)c1. The average molecular weight is 238 g/mol. The van der Waals surface area contributed by atoms with E-state index in [1.165, 1.54) is 5.56 Å². The van der Waals surface area contributed by atoms with Gasteiger partial charge < -0.3 is 0 Å². The zero-order valence-corrected chi connectivity index (χ0v) is 9.90. The van der Waals surface area contributed by atoms with Crippen LogP contribution in [0.1, 0.15) is 31.9 Å². The minimum absolute atomic E-state index is 0.176. The molecule has 1 aromatic rings. The molecule has 0 spiro atoms. The van der Waals surface area contributed by atoms with E-state index in [2.05, 4.69) is 61.5 Å². The lowest BCUT2D eigenvalue weighted by Gasteiger charge is -2.19. The molecule has 0 saturated heterocycles. The highest BCUT2D eigenvalue weighted by atomic mass is 79.9. The summed E-state index contributed by atoms with van der Waals surface area (Å²) in [5.74, 6) is 0. The summed E-state index contributed by atoms with van der Waals surface area (Å²) < 4.78 is 1.09. The molecule has 0 amide bonds. The third kappa shape index (κ3) is 2.70. The smallest absolute Gasteiger partial charge is 0.0184 e. The fourth-order valence-corrected chi connectivity index (χ4v) is 1.62. The largest absolute Gasteiger partial charge is 0.0906 e. The Morgan fingerprint density at radius 3 is 2.31 bits per heavy atom. The molecule has 69 valence electrons. The van der Waals surface area contributed by atoms with Crippen LogP contribution < -0.4 is 0 Å². The van der Waals surface area contributed by atoms with Crippen LogP contribution in [0.3, 0.4) is 0 Å². The first-order valence-electron chi connectivity index (χ1n) is 4.27. The molecule has 0 atom stereocenters. The van der Waals surface area contributed by atoms with Gasteiger partial charge in [0.25, 0.3) is 0 Å². The van der Waals surface area contributed by atoms with E-state index >= 15 is 0 Å². The van der Waals surface area contributed by atoms with Crippen molar-refractivity contribution in [3.8, 4) is 0 Å². The van der Waals surface area contributed by atoms with Crippen LogP contribution >= 0.6 is 15.9 Å². The molecule has 0 nitrogen and oxygen atoms in total. The van der Waals surface area contributed by atoms with Crippen LogP contribution in [0.5, 0.6) is 0 Å². The first kappa shape index (κ1) is 10.5. The van der Waals surface area contributed by atoms with Crippen molar-refractivity contribution in [2.45, 2.75) is 26.2 Å². The fourth-order valence-electron chi connectivity index (χ4n) is 1.12. The molecule has 0 bridgehead atoms. The van der Waals surface area contributed by atoms with Crippen LogP contribution in [-0.4, -0.2) is 0 Å². The second kappa shape index (κ2) is 3.67. The van der Waals surface area contributed by atoms with Gasteiger partial charge in [0, 0.05) is 4.47 Å². The molecule has 0 aliphatic heterocycles. The van der Waals surface area contributed by atoms with Gasteiger partial charge in [-0.05, 0) is 34.8 Å². The summed E-state index contributed by atoms with van der Waals surface area (Å²) in [7, 11) is 0. The van der Waals surface area contributed by atoms with E-state index < -0.39 is 0 Å². The summed E-state index contributed by atoms with van der Waals surface area (Å²) in [5.41, 5.74) is 2.52. The third-order valence-corrected chi connectivity index (χ3v) is 2.43. The molecule has 0 heterocycles. The van der Waals surface area contributed by atoms with Gasteiger partial charge in [0.1, 0.15) is 0 Å². The van der Waals surface area contributed by atoms with Crippen molar-refractivity contribution in [1.29, 1.82) is 0 Å². The maximum absolute atomic E-state index is 3.65. The zero-order chi connectivity index (χ0) is 10.1. The minimum Gasteiger partial charge on any atom is -0.0906 e. The molecular formula is C12H14Br. The zero-order valence-electron chi connectivity index (χ0n) is 8.32. The number of benzene rings is 1. The lowest BCUT2D eigenvalue weighted by Crippen LogP contribution is -2.11. The van der Waals surface area contributed by atoms with Crippen molar-refractivity contribution in [3.63, 3.8) is 0 Å². The number of hydrogen-bond acceptors (Lipinski definition) is 0. The molecule has 1 aromatic carbocycles. The van der Waals surface area contributed by atoms with E-state index in [4.69, 9.17) is 0 Å². The van der Waals surface area contributed by atoms with Gasteiger partial charge in [0.15, 0.2) is 0 Å². The quantitative estimate of drug-likeness (QED) is 0.691. The molecule has 13 heavy (non-hydrogen) atoms. The Morgan fingerprint density at radius 2 is 1.85 bits per heavy atom. The standard InChI is InChI=1S/C12H14Br/c1-5-9-6-10(12(2,3)4)8-11(13)7-9/h6-8H,1H2,2-4H3. The molecule has 0 aliphatic rings. The molecule has 1 heteroatoms. The lowest BCUT2D eigenvalue weighted by molar-refractivity contribution is 0.589. The Balaban J connectivity index is 3.24. The van der Waals surface area contributed by atoms with Gasteiger partial charge in [-0.15, -0.1) is 0 Å². The van der Waals surface area contributed by atoms with Crippen molar-refractivity contribution in [3.05, 3.63) is 46.5 Å². The monoisotopic (exact) mass is 237 g/mol. The van der Waals surface area contributed by atoms with Crippen molar-refractivity contribution in [2.24, 2.45) is 0 Å². The Bertz CT molecular complexity index is 318. The summed E-state index contributed by atoms with van der Waals surface area (Å²) in [6, 6.07) is 6.28. The highest BCUT2D eigenvalue weighted by molar-refractivity contribution is 9.10. The Morgan fingerprint density at radius 1 is 1.23 bits per heavy atom. The summed E-state index contributed by atoms with van der Waals surface area (Å²) in [6.45, 7) is 10.2. The molecule has 0 unspecified atom stereocenters. The van der Waals surface area contributed by atoms with E-state index in [1.54, 1.807) is 0 Å².